The van der Waals surface area contributed by atoms with Crippen molar-refractivity contribution in [1.82, 2.24) is 10.9 Å². The fourth-order valence-electron chi connectivity index (χ4n) is 2.97. The van der Waals surface area contributed by atoms with Crippen molar-refractivity contribution in [3.8, 4) is 0 Å². The van der Waals surface area contributed by atoms with Crippen LogP contribution in [0.3, 0.4) is 0 Å². The molecule has 0 aliphatic heterocycles. The average Bonchev–Trinajstić information content (AvgIpc) is 2.77. The molecular weight excluding hydrogens is 400 g/mol. The summed E-state index contributed by atoms with van der Waals surface area (Å²) in [6.07, 6.45) is 5.12. The summed E-state index contributed by atoms with van der Waals surface area (Å²) in [5.74, 6) is 0.639. The molecule has 2 N–H and O–H groups in total. The molecule has 0 saturated carbocycles. The molecule has 0 heterocycles. The maximum atomic E-state index is 11.9. The van der Waals surface area contributed by atoms with Crippen molar-refractivity contribution in [3.63, 3.8) is 0 Å². The summed E-state index contributed by atoms with van der Waals surface area (Å²) in [5, 5.41) is 7.98. The number of carbonyl (C=O) groups is 2. The van der Waals surface area contributed by atoms with E-state index in [2.05, 4.69) is 73.0 Å². The largest absolute Gasteiger partial charge is 0.273 e. The third-order valence-electron chi connectivity index (χ3n) is 5.07. The molecule has 2 amide bonds. The van der Waals surface area contributed by atoms with Gasteiger partial charge in [-0.25, -0.2) is 10.9 Å². The van der Waals surface area contributed by atoms with Crippen LogP contribution in [0.15, 0.2) is 58.7 Å². The highest BCUT2D eigenvalue weighted by molar-refractivity contribution is 5.83. The lowest BCUT2D eigenvalue weighted by Crippen LogP contribution is -2.19. The summed E-state index contributed by atoms with van der Waals surface area (Å²) in [4.78, 5) is 23.7. The second kappa shape index (κ2) is 13.2. The van der Waals surface area contributed by atoms with Crippen molar-refractivity contribution in [1.29, 1.82) is 0 Å². The SMILES string of the molecule is CC(C)c1ccc(C=NNC(=O)CCCCC(=O)NN=Cc2ccc(C(C)C)cc2)cc1. The Bertz CT molecular complexity index is 836. The van der Waals surface area contributed by atoms with E-state index in [-0.39, 0.29) is 11.8 Å². The van der Waals surface area contributed by atoms with Crippen molar-refractivity contribution < 1.29 is 9.59 Å². The standard InChI is InChI=1S/C26H34N4O2/c1-19(2)23-13-9-21(10-14-23)17-27-29-25(31)7-5-6-8-26(32)30-28-18-22-11-15-24(16-12-22)20(3)4/h9-20H,5-8H2,1-4H3,(H,29,31)(H,30,32). The number of hydrazone groups is 2. The highest BCUT2D eigenvalue weighted by atomic mass is 16.2. The van der Waals surface area contributed by atoms with Crippen molar-refractivity contribution in [2.75, 3.05) is 0 Å². The second-order valence-corrected chi connectivity index (χ2v) is 8.44. The Morgan fingerprint density at radius 2 is 1.03 bits per heavy atom. The first-order valence-electron chi connectivity index (χ1n) is 11.2. The molecule has 0 bridgehead atoms. The fraction of sp³-hybridized carbons (Fsp3) is 0.385. The van der Waals surface area contributed by atoms with Crippen LogP contribution in [0.4, 0.5) is 0 Å². The molecule has 0 saturated heterocycles. The van der Waals surface area contributed by atoms with E-state index >= 15 is 0 Å². The molecule has 0 aliphatic carbocycles. The molecule has 2 aromatic carbocycles. The van der Waals surface area contributed by atoms with Gasteiger partial charge >= 0.3 is 0 Å². The number of hydrogen-bond acceptors (Lipinski definition) is 4. The molecule has 0 unspecified atom stereocenters. The van der Waals surface area contributed by atoms with E-state index in [1.54, 1.807) is 12.4 Å². The Morgan fingerprint density at radius 1 is 0.688 bits per heavy atom. The maximum absolute atomic E-state index is 11.9. The van der Waals surface area contributed by atoms with E-state index < -0.39 is 0 Å². The van der Waals surface area contributed by atoms with Crippen LogP contribution in [0.1, 0.15) is 87.5 Å². The van der Waals surface area contributed by atoms with Gasteiger partial charge in [-0.1, -0.05) is 76.2 Å². The topological polar surface area (TPSA) is 82.9 Å². The minimum Gasteiger partial charge on any atom is -0.273 e. The zero-order chi connectivity index (χ0) is 23.3. The Labute approximate surface area is 191 Å². The van der Waals surface area contributed by atoms with Crippen molar-refractivity contribution in [2.45, 2.75) is 65.2 Å². The van der Waals surface area contributed by atoms with Gasteiger partial charge in [-0.15, -0.1) is 0 Å². The third-order valence-corrected chi connectivity index (χ3v) is 5.07. The Morgan fingerprint density at radius 3 is 1.34 bits per heavy atom. The smallest absolute Gasteiger partial charge is 0.240 e. The lowest BCUT2D eigenvalue weighted by molar-refractivity contribution is -0.123. The zero-order valence-corrected chi connectivity index (χ0v) is 19.5. The van der Waals surface area contributed by atoms with Gasteiger partial charge in [0.25, 0.3) is 0 Å². The normalized spacial score (nSPS) is 11.6. The summed E-state index contributed by atoms with van der Waals surface area (Å²) in [7, 11) is 0. The summed E-state index contributed by atoms with van der Waals surface area (Å²) < 4.78 is 0. The summed E-state index contributed by atoms with van der Waals surface area (Å²) >= 11 is 0. The predicted octanol–water partition coefficient (Wildman–Crippen LogP) is 5.09. The van der Waals surface area contributed by atoms with Crippen LogP contribution in [0.25, 0.3) is 0 Å². The number of carbonyl (C=O) groups excluding carboxylic acids is 2. The number of hydrogen-bond donors (Lipinski definition) is 2. The van der Waals surface area contributed by atoms with Gasteiger partial charge in [0.05, 0.1) is 12.4 Å². The number of amides is 2. The average molecular weight is 435 g/mol. The van der Waals surface area contributed by atoms with E-state index in [0.717, 1.165) is 11.1 Å². The molecule has 6 heteroatoms. The van der Waals surface area contributed by atoms with Crippen molar-refractivity contribution >= 4 is 24.2 Å². The quantitative estimate of drug-likeness (QED) is 0.293. The first-order valence-corrected chi connectivity index (χ1v) is 11.2. The van der Waals surface area contributed by atoms with E-state index in [1.165, 1.54) is 11.1 Å². The van der Waals surface area contributed by atoms with Crippen LogP contribution in [0, 0.1) is 0 Å². The van der Waals surface area contributed by atoms with Gasteiger partial charge in [-0.2, -0.15) is 10.2 Å². The molecule has 170 valence electrons. The highest BCUT2D eigenvalue weighted by Crippen LogP contribution is 2.14. The molecule has 6 nitrogen and oxygen atoms in total. The molecule has 32 heavy (non-hydrogen) atoms. The number of nitrogens with zero attached hydrogens (tertiary/aromatic N) is 2. The summed E-state index contributed by atoms with van der Waals surface area (Å²) in [6.45, 7) is 8.58. The highest BCUT2D eigenvalue weighted by Gasteiger charge is 2.03. The van der Waals surface area contributed by atoms with Gasteiger partial charge in [0, 0.05) is 12.8 Å². The second-order valence-electron chi connectivity index (χ2n) is 8.44. The first-order chi connectivity index (χ1) is 15.3. The Hall–Kier alpha value is -3.28. The van der Waals surface area contributed by atoms with E-state index in [9.17, 15) is 9.59 Å². The fourth-order valence-corrected chi connectivity index (χ4v) is 2.97. The molecule has 0 fully saturated rings. The monoisotopic (exact) mass is 434 g/mol. The lowest BCUT2D eigenvalue weighted by atomic mass is 10.0. The number of benzene rings is 2. The van der Waals surface area contributed by atoms with E-state index in [1.807, 2.05) is 24.3 Å². The first kappa shape index (κ1) is 25.0. The van der Waals surface area contributed by atoms with Crippen molar-refractivity contribution in [2.24, 2.45) is 10.2 Å². The van der Waals surface area contributed by atoms with E-state index in [0.29, 0.717) is 37.5 Å². The summed E-state index contributed by atoms with van der Waals surface area (Å²) in [6, 6.07) is 16.2. The molecule has 2 aromatic rings. The summed E-state index contributed by atoms with van der Waals surface area (Å²) in [5.41, 5.74) is 9.45. The van der Waals surface area contributed by atoms with Crippen LogP contribution in [0.2, 0.25) is 0 Å². The number of rotatable bonds is 11. The van der Waals surface area contributed by atoms with Gasteiger partial charge in [-0.05, 0) is 46.9 Å². The van der Waals surface area contributed by atoms with Crippen LogP contribution < -0.4 is 10.9 Å². The minimum absolute atomic E-state index is 0.164. The molecule has 0 radical (unpaired) electrons. The van der Waals surface area contributed by atoms with Crippen LogP contribution in [-0.2, 0) is 9.59 Å². The Kier molecular flexibility index (Phi) is 10.3. The Balaban J connectivity index is 1.59. The number of nitrogens with one attached hydrogen (secondary N) is 2. The zero-order valence-electron chi connectivity index (χ0n) is 19.5. The van der Waals surface area contributed by atoms with Crippen molar-refractivity contribution in [3.05, 3.63) is 70.8 Å². The molecule has 0 aliphatic rings. The van der Waals surface area contributed by atoms with Gasteiger partial charge < -0.3 is 0 Å². The minimum atomic E-state index is -0.164. The van der Waals surface area contributed by atoms with Gasteiger partial charge in [0.15, 0.2) is 0 Å². The predicted molar refractivity (Wildman–Crippen MR) is 131 cm³/mol. The molecular formula is C26H34N4O2. The lowest BCUT2D eigenvalue weighted by Gasteiger charge is -2.04. The van der Waals surface area contributed by atoms with Crippen LogP contribution in [-0.4, -0.2) is 24.2 Å². The number of unbranched alkanes of at least 4 members (excludes halogenated alkanes) is 1. The van der Waals surface area contributed by atoms with E-state index in [4.69, 9.17) is 0 Å². The van der Waals surface area contributed by atoms with Crippen LogP contribution in [0.5, 0.6) is 0 Å². The van der Waals surface area contributed by atoms with Gasteiger partial charge in [-0.3, -0.25) is 9.59 Å². The molecule has 0 aromatic heterocycles. The van der Waals surface area contributed by atoms with Gasteiger partial charge in [0.1, 0.15) is 0 Å². The molecule has 0 atom stereocenters. The van der Waals surface area contributed by atoms with Crippen LogP contribution >= 0.6 is 0 Å². The van der Waals surface area contributed by atoms with Gasteiger partial charge in [0.2, 0.25) is 11.8 Å². The molecule has 2 rings (SSSR count). The maximum Gasteiger partial charge on any atom is 0.240 e. The third kappa shape index (κ3) is 9.25. The molecule has 0 spiro atoms.